The van der Waals surface area contributed by atoms with E-state index in [0.717, 1.165) is 12.8 Å². The fraction of sp³-hybridized carbons (Fsp3) is 0.333. The minimum atomic E-state index is -0.519. The maximum Gasteiger partial charge on any atom is 0.320 e. The van der Waals surface area contributed by atoms with Crippen molar-refractivity contribution in [1.29, 1.82) is 0 Å². The number of carbonyl (C=O) groups excluding carboxylic acids is 2. The third-order valence-electron chi connectivity index (χ3n) is 6.18. The number of rotatable bonds is 9. The van der Waals surface area contributed by atoms with Crippen molar-refractivity contribution in [2.75, 3.05) is 36.9 Å². The SMILES string of the molecule is C[C@H]1CN(C/C=C/C(=O)Nc2cc3c(Nc4ccc(F)c(Cl)c4)ncnc3cc2OCC2CC2)CC(=O)O1. The molecule has 9 nitrogen and oxygen atoms in total. The number of aromatic nitrogens is 2. The molecule has 38 heavy (non-hydrogen) atoms. The monoisotopic (exact) mass is 539 g/mol. The van der Waals surface area contributed by atoms with Crippen molar-refractivity contribution in [3.05, 3.63) is 59.7 Å². The quantitative estimate of drug-likeness (QED) is 0.298. The second kappa shape index (κ2) is 11.3. The molecule has 5 rings (SSSR count). The molecule has 2 aliphatic rings. The van der Waals surface area contributed by atoms with Gasteiger partial charge in [-0.1, -0.05) is 17.7 Å². The van der Waals surface area contributed by atoms with Gasteiger partial charge in [0.15, 0.2) is 0 Å². The summed E-state index contributed by atoms with van der Waals surface area (Å²) in [5.41, 5.74) is 1.63. The summed E-state index contributed by atoms with van der Waals surface area (Å²) >= 11 is 5.93. The van der Waals surface area contributed by atoms with Gasteiger partial charge in [0, 0.05) is 36.3 Å². The van der Waals surface area contributed by atoms with Crippen LogP contribution >= 0.6 is 11.6 Å². The molecule has 0 bridgehead atoms. The molecule has 3 aromatic rings. The summed E-state index contributed by atoms with van der Waals surface area (Å²) in [6.45, 7) is 3.63. The minimum absolute atomic E-state index is 0.0141. The molecule has 2 heterocycles. The van der Waals surface area contributed by atoms with E-state index in [1.165, 1.54) is 24.5 Å². The van der Waals surface area contributed by atoms with Gasteiger partial charge >= 0.3 is 5.97 Å². The maximum atomic E-state index is 13.6. The van der Waals surface area contributed by atoms with E-state index in [2.05, 4.69) is 20.6 Å². The fourth-order valence-corrected chi connectivity index (χ4v) is 4.32. The Hall–Kier alpha value is -3.76. The second-order valence-corrected chi connectivity index (χ2v) is 9.89. The number of amides is 1. The molecule has 1 aliphatic carbocycles. The first-order valence-corrected chi connectivity index (χ1v) is 12.7. The Morgan fingerprint density at radius 1 is 1.29 bits per heavy atom. The van der Waals surface area contributed by atoms with Crippen molar-refractivity contribution >= 4 is 51.6 Å². The second-order valence-electron chi connectivity index (χ2n) is 9.48. The lowest BCUT2D eigenvalue weighted by Crippen LogP contribution is -2.44. The average Bonchev–Trinajstić information content (AvgIpc) is 3.69. The van der Waals surface area contributed by atoms with Crippen LogP contribution in [0.3, 0.4) is 0 Å². The average molecular weight is 540 g/mol. The maximum absolute atomic E-state index is 13.6. The van der Waals surface area contributed by atoms with Crippen molar-refractivity contribution in [2.45, 2.75) is 25.9 Å². The Labute approximate surface area is 224 Å². The Bertz CT molecular complexity index is 1400. The molecule has 1 atom stereocenters. The zero-order valence-corrected chi connectivity index (χ0v) is 21.5. The third kappa shape index (κ3) is 6.56. The Morgan fingerprint density at radius 3 is 2.89 bits per heavy atom. The number of morpholine rings is 1. The number of anilines is 3. The molecule has 0 unspecified atom stereocenters. The lowest BCUT2D eigenvalue weighted by Gasteiger charge is -2.29. The highest BCUT2D eigenvalue weighted by Crippen LogP contribution is 2.36. The van der Waals surface area contributed by atoms with Crippen LogP contribution in [-0.2, 0) is 14.3 Å². The molecule has 0 spiro atoms. The summed E-state index contributed by atoms with van der Waals surface area (Å²) in [5.74, 6) is 0.347. The first-order valence-electron chi connectivity index (χ1n) is 12.4. The van der Waals surface area contributed by atoms with E-state index < -0.39 is 5.82 Å². The molecule has 2 N–H and O–H groups in total. The van der Waals surface area contributed by atoms with Crippen LogP contribution < -0.4 is 15.4 Å². The van der Waals surface area contributed by atoms with Crippen molar-refractivity contribution in [1.82, 2.24) is 14.9 Å². The number of nitrogens with one attached hydrogen (secondary N) is 2. The molecule has 11 heteroatoms. The Kier molecular flexibility index (Phi) is 7.71. The van der Waals surface area contributed by atoms with Crippen molar-refractivity contribution in [2.24, 2.45) is 5.92 Å². The third-order valence-corrected chi connectivity index (χ3v) is 6.47. The molecule has 1 aromatic heterocycles. The number of nitrogens with zero attached hydrogens (tertiary/aromatic N) is 3. The molecule has 0 radical (unpaired) electrons. The lowest BCUT2D eigenvalue weighted by molar-refractivity contribution is -0.156. The summed E-state index contributed by atoms with van der Waals surface area (Å²) in [7, 11) is 0. The van der Waals surface area contributed by atoms with Crippen LogP contribution in [0.25, 0.3) is 10.9 Å². The fourth-order valence-electron chi connectivity index (χ4n) is 4.14. The molecule has 1 amide bonds. The minimum Gasteiger partial charge on any atom is -0.491 e. The molecule has 2 aromatic carbocycles. The number of esters is 1. The molecular formula is C27H27ClFN5O4. The van der Waals surface area contributed by atoms with Crippen LogP contribution in [0.4, 0.5) is 21.6 Å². The van der Waals surface area contributed by atoms with Crippen LogP contribution in [0, 0.1) is 11.7 Å². The van der Waals surface area contributed by atoms with Gasteiger partial charge in [0.25, 0.3) is 0 Å². The number of fused-ring (bicyclic) bond motifs is 1. The highest BCUT2D eigenvalue weighted by Gasteiger charge is 2.24. The largest absolute Gasteiger partial charge is 0.491 e. The zero-order valence-electron chi connectivity index (χ0n) is 20.7. The number of halogens is 2. The summed E-state index contributed by atoms with van der Waals surface area (Å²) in [6.07, 6.45) is 6.62. The Balaban J connectivity index is 1.36. The smallest absolute Gasteiger partial charge is 0.320 e. The molecule has 198 valence electrons. The van der Waals surface area contributed by atoms with E-state index in [9.17, 15) is 14.0 Å². The predicted octanol–water partition coefficient (Wildman–Crippen LogP) is 4.70. The van der Waals surface area contributed by atoms with E-state index in [1.807, 2.05) is 11.8 Å². The van der Waals surface area contributed by atoms with Crippen LogP contribution in [0.1, 0.15) is 19.8 Å². The van der Waals surface area contributed by atoms with Gasteiger partial charge < -0.3 is 20.1 Å². The standard InChI is InChI=1S/C27H27ClFN5O4/c1-16-12-34(13-26(36)38-16)8-2-3-25(35)33-23-10-19-22(11-24(23)37-14-17-4-5-17)30-15-31-27(19)32-18-6-7-21(29)20(28)9-18/h2-3,6-7,9-11,15-17H,4-5,8,12-14H2,1H3,(H,33,35)(H,30,31,32)/b3-2+/t16-/m0/s1. The lowest BCUT2D eigenvalue weighted by atomic mass is 10.1. The number of hydrogen-bond donors (Lipinski definition) is 2. The number of ether oxygens (including phenoxy) is 2. The van der Waals surface area contributed by atoms with E-state index in [-0.39, 0.29) is 29.5 Å². The zero-order chi connectivity index (χ0) is 26.6. The van der Waals surface area contributed by atoms with Gasteiger partial charge in [-0.3, -0.25) is 14.5 Å². The van der Waals surface area contributed by atoms with Gasteiger partial charge in [0.05, 0.1) is 29.4 Å². The van der Waals surface area contributed by atoms with E-state index in [4.69, 9.17) is 21.1 Å². The molecule has 1 aliphatic heterocycles. The number of benzene rings is 2. The summed E-state index contributed by atoms with van der Waals surface area (Å²) < 4.78 is 24.8. The molecule has 1 saturated carbocycles. The van der Waals surface area contributed by atoms with E-state index in [0.29, 0.717) is 59.5 Å². The first kappa shape index (κ1) is 25.9. The van der Waals surface area contributed by atoms with E-state index >= 15 is 0 Å². The summed E-state index contributed by atoms with van der Waals surface area (Å²) in [5, 5.41) is 6.65. The molecule has 1 saturated heterocycles. The predicted molar refractivity (Wildman–Crippen MR) is 142 cm³/mol. The van der Waals surface area contributed by atoms with Gasteiger partial charge in [-0.25, -0.2) is 14.4 Å². The van der Waals surface area contributed by atoms with Gasteiger partial charge in [0.2, 0.25) is 5.91 Å². The number of hydrogen-bond acceptors (Lipinski definition) is 8. The summed E-state index contributed by atoms with van der Waals surface area (Å²) in [4.78, 5) is 35.1. The highest BCUT2D eigenvalue weighted by atomic mass is 35.5. The van der Waals surface area contributed by atoms with Crippen LogP contribution in [0.15, 0.2) is 48.8 Å². The topological polar surface area (TPSA) is 106 Å². The van der Waals surface area contributed by atoms with Crippen molar-refractivity contribution in [3.63, 3.8) is 0 Å². The van der Waals surface area contributed by atoms with Crippen molar-refractivity contribution in [3.8, 4) is 5.75 Å². The molecular weight excluding hydrogens is 513 g/mol. The van der Waals surface area contributed by atoms with Gasteiger partial charge in [-0.15, -0.1) is 0 Å². The van der Waals surface area contributed by atoms with Crippen LogP contribution in [0.5, 0.6) is 5.75 Å². The number of carbonyl (C=O) groups is 2. The van der Waals surface area contributed by atoms with Gasteiger partial charge in [0.1, 0.15) is 29.8 Å². The van der Waals surface area contributed by atoms with Crippen LogP contribution in [-0.4, -0.2) is 59.1 Å². The normalized spacial score (nSPS) is 18.0. The number of cyclic esters (lactones) is 1. The molecule has 2 fully saturated rings. The van der Waals surface area contributed by atoms with Gasteiger partial charge in [-0.05, 0) is 49.9 Å². The van der Waals surface area contributed by atoms with E-state index in [1.54, 1.807) is 24.3 Å². The van der Waals surface area contributed by atoms with Gasteiger partial charge in [-0.2, -0.15) is 0 Å². The highest BCUT2D eigenvalue weighted by molar-refractivity contribution is 6.31. The first-order chi connectivity index (χ1) is 18.3. The van der Waals surface area contributed by atoms with Crippen LogP contribution in [0.2, 0.25) is 5.02 Å². The van der Waals surface area contributed by atoms with Crippen molar-refractivity contribution < 1.29 is 23.5 Å². The Morgan fingerprint density at radius 2 is 2.13 bits per heavy atom. The summed E-state index contributed by atoms with van der Waals surface area (Å²) in [6, 6.07) is 7.80.